The van der Waals surface area contributed by atoms with Crippen molar-refractivity contribution < 1.29 is 14.3 Å². The molecule has 3 N–H and O–H groups in total. The molecule has 0 heterocycles. The van der Waals surface area contributed by atoms with Crippen LogP contribution in [0.1, 0.15) is 15.9 Å². The summed E-state index contributed by atoms with van der Waals surface area (Å²) in [7, 11) is 1.50. The number of anilines is 1. The fraction of sp³-hybridized carbons (Fsp3) is 0.125. The van der Waals surface area contributed by atoms with Crippen LogP contribution in [0.2, 0.25) is 10.0 Å². The van der Waals surface area contributed by atoms with E-state index in [2.05, 4.69) is 16.2 Å². The quantitative estimate of drug-likeness (QED) is 0.722. The fourth-order valence-electron chi connectivity index (χ4n) is 1.93. The van der Waals surface area contributed by atoms with Crippen LogP contribution in [0.25, 0.3) is 0 Å². The highest BCUT2D eigenvalue weighted by Crippen LogP contribution is 2.25. The molecule has 0 saturated heterocycles. The minimum atomic E-state index is -0.627. The molecule has 0 spiro atoms. The predicted molar refractivity (Wildman–Crippen MR) is 93.8 cm³/mol. The van der Waals surface area contributed by atoms with Crippen molar-refractivity contribution in [3.05, 3.63) is 57.6 Å². The standard InChI is InChI=1S/C16H15Cl2N3O3/c1-9-3-6-14(24-2)13(7-9)19-16(23)21-20-15(22)11-5-4-10(17)8-12(11)18/h3-8H,1-2H3,(H,20,22)(H2,19,21,23). The number of halogens is 2. The third-order valence-electron chi connectivity index (χ3n) is 3.07. The second-order valence-electron chi connectivity index (χ2n) is 4.86. The summed E-state index contributed by atoms with van der Waals surface area (Å²) in [6.07, 6.45) is 0. The maximum Gasteiger partial charge on any atom is 0.338 e. The number of hydrogen-bond acceptors (Lipinski definition) is 3. The second kappa shape index (κ2) is 7.90. The molecule has 3 amide bonds. The summed E-state index contributed by atoms with van der Waals surface area (Å²) in [4.78, 5) is 23.9. The van der Waals surface area contributed by atoms with E-state index in [1.807, 2.05) is 13.0 Å². The van der Waals surface area contributed by atoms with Crippen LogP contribution in [0, 0.1) is 6.92 Å². The largest absolute Gasteiger partial charge is 0.495 e. The maximum absolute atomic E-state index is 12.0. The Hall–Kier alpha value is -2.44. The molecule has 0 bridgehead atoms. The number of carbonyl (C=O) groups is 2. The summed E-state index contributed by atoms with van der Waals surface area (Å²) in [6.45, 7) is 1.88. The molecule has 0 aromatic heterocycles. The Balaban J connectivity index is 1.98. The monoisotopic (exact) mass is 367 g/mol. The number of carbonyl (C=O) groups excluding carboxylic acids is 2. The van der Waals surface area contributed by atoms with E-state index in [1.165, 1.54) is 25.3 Å². The smallest absolute Gasteiger partial charge is 0.338 e. The summed E-state index contributed by atoms with van der Waals surface area (Å²) in [6, 6.07) is 9.13. The van der Waals surface area contributed by atoms with Crippen LogP contribution in [-0.2, 0) is 0 Å². The molecule has 0 atom stereocenters. The number of nitrogens with one attached hydrogen (secondary N) is 3. The van der Waals surface area contributed by atoms with Crippen LogP contribution in [-0.4, -0.2) is 19.0 Å². The number of rotatable bonds is 3. The molecule has 0 fully saturated rings. The van der Waals surface area contributed by atoms with Crippen LogP contribution >= 0.6 is 23.2 Å². The fourth-order valence-corrected chi connectivity index (χ4v) is 2.42. The highest BCUT2D eigenvalue weighted by Gasteiger charge is 2.12. The molecule has 0 saturated carbocycles. The van der Waals surface area contributed by atoms with Gasteiger partial charge in [-0.15, -0.1) is 0 Å². The Bertz CT molecular complexity index is 781. The van der Waals surface area contributed by atoms with Gasteiger partial charge in [0, 0.05) is 5.02 Å². The average Bonchev–Trinajstić information content (AvgIpc) is 2.53. The van der Waals surface area contributed by atoms with E-state index >= 15 is 0 Å². The van der Waals surface area contributed by atoms with E-state index in [1.54, 1.807) is 12.1 Å². The Labute approximate surface area is 149 Å². The lowest BCUT2D eigenvalue weighted by Crippen LogP contribution is -2.44. The minimum Gasteiger partial charge on any atom is -0.495 e. The molecule has 0 aliphatic rings. The van der Waals surface area contributed by atoms with Gasteiger partial charge in [0.15, 0.2) is 0 Å². The molecule has 8 heteroatoms. The van der Waals surface area contributed by atoms with Gasteiger partial charge in [0.1, 0.15) is 5.75 Å². The van der Waals surface area contributed by atoms with Gasteiger partial charge in [-0.3, -0.25) is 10.2 Å². The lowest BCUT2D eigenvalue weighted by Gasteiger charge is -2.13. The summed E-state index contributed by atoms with van der Waals surface area (Å²) in [5.41, 5.74) is 6.12. The van der Waals surface area contributed by atoms with E-state index < -0.39 is 11.9 Å². The maximum atomic E-state index is 12.0. The molecule has 2 aromatic carbocycles. The van der Waals surface area contributed by atoms with Crippen molar-refractivity contribution in [1.82, 2.24) is 10.9 Å². The van der Waals surface area contributed by atoms with E-state index in [0.717, 1.165) is 5.56 Å². The third kappa shape index (κ3) is 4.53. The van der Waals surface area contributed by atoms with Gasteiger partial charge in [-0.25, -0.2) is 10.2 Å². The van der Waals surface area contributed by atoms with Gasteiger partial charge in [0.2, 0.25) is 0 Å². The molecular formula is C16H15Cl2N3O3. The first kappa shape index (κ1) is 17.9. The van der Waals surface area contributed by atoms with Crippen LogP contribution < -0.4 is 20.9 Å². The zero-order valence-corrected chi connectivity index (χ0v) is 14.5. The van der Waals surface area contributed by atoms with Gasteiger partial charge >= 0.3 is 6.03 Å². The minimum absolute atomic E-state index is 0.183. The van der Waals surface area contributed by atoms with Crippen molar-refractivity contribution in [3.63, 3.8) is 0 Å². The molecule has 2 rings (SSSR count). The SMILES string of the molecule is COc1ccc(C)cc1NC(=O)NNC(=O)c1ccc(Cl)cc1Cl. The Morgan fingerprint density at radius 3 is 2.46 bits per heavy atom. The number of hydrogen-bond donors (Lipinski definition) is 3. The van der Waals surface area contributed by atoms with Gasteiger partial charge in [0.05, 0.1) is 23.4 Å². The van der Waals surface area contributed by atoms with E-state index in [9.17, 15) is 9.59 Å². The molecule has 0 aliphatic carbocycles. The third-order valence-corrected chi connectivity index (χ3v) is 3.62. The number of hydrazine groups is 1. The van der Waals surface area contributed by atoms with Crippen molar-refractivity contribution in [1.29, 1.82) is 0 Å². The van der Waals surface area contributed by atoms with E-state index in [-0.39, 0.29) is 10.6 Å². The Morgan fingerprint density at radius 1 is 1.04 bits per heavy atom. The van der Waals surface area contributed by atoms with E-state index in [0.29, 0.717) is 16.5 Å². The lowest BCUT2D eigenvalue weighted by molar-refractivity contribution is 0.0938. The number of benzene rings is 2. The number of ether oxygens (including phenoxy) is 1. The summed E-state index contributed by atoms with van der Waals surface area (Å²) >= 11 is 11.7. The normalized spacial score (nSPS) is 10.0. The van der Waals surface area contributed by atoms with E-state index in [4.69, 9.17) is 27.9 Å². The van der Waals surface area contributed by atoms with Crippen LogP contribution in [0.3, 0.4) is 0 Å². The van der Waals surface area contributed by atoms with Crippen molar-refractivity contribution in [3.8, 4) is 5.75 Å². The summed E-state index contributed by atoms with van der Waals surface area (Å²) in [5, 5.41) is 3.18. The summed E-state index contributed by atoms with van der Waals surface area (Å²) < 4.78 is 5.16. The van der Waals surface area contributed by atoms with Crippen LogP contribution in [0.4, 0.5) is 10.5 Å². The Kier molecular flexibility index (Phi) is 5.89. The van der Waals surface area contributed by atoms with Crippen molar-refractivity contribution >= 4 is 40.8 Å². The average molecular weight is 368 g/mol. The van der Waals surface area contributed by atoms with Crippen LogP contribution in [0.5, 0.6) is 5.75 Å². The molecule has 0 aliphatic heterocycles. The first-order valence-corrected chi connectivity index (χ1v) is 7.63. The molecule has 0 radical (unpaired) electrons. The number of methoxy groups -OCH3 is 1. The summed E-state index contributed by atoms with van der Waals surface area (Å²) in [5.74, 6) is -0.0640. The molecule has 2 aromatic rings. The highest BCUT2D eigenvalue weighted by molar-refractivity contribution is 6.36. The van der Waals surface area contributed by atoms with Crippen molar-refractivity contribution in [2.24, 2.45) is 0 Å². The number of urea groups is 1. The molecular weight excluding hydrogens is 353 g/mol. The predicted octanol–water partition coefficient (Wildman–Crippen LogP) is 3.78. The van der Waals surface area contributed by atoms with Gasteiger partial charge in [-0.1, -0.05) is 29.3 Å². The topological polar surface area (TPSA) is 79.5 Å². The molecule has 0 unspecified atom stereocenters. The second-order valence-corrected chi connectivity index (χ2v) is 5.70. The first-order valence-electron chi connectivity index (χ1n) is 6.87. The zero-order valence-electron chi connectivity index (χ0n) is 12.9. The number of amides is 3. The van der Waals surface area contributed by atoms with Gasteiger partial charge < -0.3 is 10.1 Å². The zero-order chi connectivity index (χ0) is 17.7. The number of aryl methyl sites for hydroxylation is 1. The lowest BCUT2D eigenvalue weighted by atomic mass is 10.2. The van der Waals surface area contributed by atoms with Crippen molar-refractivity contribution in [2.45, 2.75) is 6.92 Å². The first-order chi connectivity index (χ1) is 11.4. The molecule has 24 heavy (non-hydrogen) atoms. The molecule has 6 nitrogen and oxygen atoms in total. The Morgan fingerprint density at radius 2 is 1.79 bits per heavy atom. The highest BCUT2D eigenvalue weighted by atomic mass is 35.5. The van der Waals surface area contributed by atoms with Crippen LogP contribution in [0.15, 0.2) is 36.4 Å². The van der Waals surface area contributed by atoms with Gasteiger partial charge in [-0.05, 0) is 42.8 Å². The van der Waals surface area contributed by atoms with Gasteiger partial charge in [0.25, 0.3) is 5.91 Å². The van der Waals surface area contributed by atoms with Crippen molar-refractivity contribution in [2.75, 3.05) is 12.4 Å². The van der Waals surface area contributed by atoms with Gasteiger partial charge in [-0.2, -0.15) is 0 Å². The molecule has 126 valence electrons.